The van der Waals surface area contributed by atoms with Gasteiger partial charge in [-0.15, -0.1) is 0 Å². The van der Waals surface area contributed by atoms with E-state index >= 15 is 0 Å². The van der Waals surface area contributed by atoms with Crippen molar-refractivity contribution in [2.45, 2.75) is 25.7 Å². The van der Waals surface area contributed by atoms with Gasteiger partial charge in [-0.3, -0.25) is 0 Å². The Morgan fingerprint density at radius 2 is 2.40 bits per heavy atom. The van der Waals surface area contributed by atoms with Gasteiger partial charge < -0.3 is 5.11 Å². The molecule has 0 heterocycles. The lowest BCUT2D eigenvalue weighted by Gasteiger charge is -2.10. The van der Waals surface area contributed by atoms with Gasteiger partial charge in [0.1, 0.15) is 0 Å². The van der Waals surface area contributed by atoms with Crippen LogP contribution in [0.5, 0.6) is 0 Å². The van der Waals surface area contributed by atoms with Gasteiger partial charge in [0.2, 0.25) is 0 Å². The lowest BCUT2D eigenvalue weighted by molar-refractivity contribution is 0.294. The number of aliphatic hydroxyl groups is 1. The molecule has 0 aromatic rings. The average Bonchev–Trinajstić information content (AvgIpc) is 2.48. The molecule has 1 nitrogen and oxygen atoms in total. The first-order valence-electron chi connectivity index (χ1n) is 4.21. The van der Waals surface area contributed by atoms with Gasteiger partial charge in [0, 0.05) is 6.61 Å². The highest BCUT2D eigenvalue weighted by molar-refractivity contribution is 5.19. The molecule has 2 aliphatic carbocycles. The van der Waals surface area contributed by atoms with Crippen LogP contribution in [-0.2, 0) is 0 Å². The monoisotopic (exact) mass is 138 g/mol. The molecule has 0 aromatic carbocycles. The largest absolute Gasteiger partial charge is 0.396 e. The molecule has 0 aromatic heterocycles. The zero-order valence-corrected chi connectivity index (χ0v) is 6.21. The number of hydrogen-bond donors (Lipinski definition) is 1. The molecule has 0 aliphatic heterocycles. The fourth-order valence-corrected chi connectivity index (χ4v) is 2.36. The van der Waals surface area contributed by atoms with Crippen LogP contribution >= 0.6 is 0 Å². The van der Waals surface area contributed by atoms with Crippen molar-refractivity contribution in [2.24, 2.45) is 11.8 Å². The maximum absolute atomic E-state index is 8.71. The van der Waals surface area contributed by atoms with Crippen molar-refractivity contribution in [2.75, 3.05) is 6.61 Å². The molecule has 10 heavy (non-hydrogen) atoms. The second kappa shape index (κ2) is 2.39. The zero-order chi connectivity index (χ0) is 6.97. The number of aliphatic hydroxyl groups excluding tert-OH is 1. The zero-order valence-electron chi connectivity index (χ0n) is 6.21. The summed E-state index contributed by atoms with van der Waals surface area (Å²) in [5.74, 6) is 1.74. The highest BCUT2D eigenvalue weighted by Crippen LogP contribution is 2.44. The van der Waals surface area contributed by atoms with E-state index in [4.69, 9.17) is 5.11 Å². The lowest BCUT2D eigenvalue weighted by atomic mass is 9.96. The Morgan fingerprint density at radius 1 is 1.50 bits per heavy atom. The van der Waals surface area contributed by atoms with Crippen LogP contribution < -0.4 is 0 Å². The Balaban J connectivity index is 2.03. The highest BCUT2D eigenvalue weighted by Gasteiger charge is 2.31. The lowest BCUT2D eigenvalue weighted by Crippen LogP contribution is -1.98. The minimum atomic E-state index is 0.342. The molecule has 2 unspecified atom stereocenters. The average molecular weight is 138 g/mol. The van der Waals surface area contributed by atoms with Crippen LogP contribution in [0.2, 0.25) is 0 Å². The van der Waals surface area contributed by atoms with Crippen LogP contribution in [-0.4, -0.2) is 11.7 Å². The number of rotatable bonds is 2. The van der Waals surface area contributed by atoms with Gasteiger partial charge in [-0.2, -0.15) is 0 Å². The summed E-state index contributed by atoms with van der Waals surface area (Å²) in [5.41, 5.74) is 1.54. The quantitative estimate of drug-likeness (QED) is 0.576. The fourth-order valence-electron chi connectivity index (χ4n) is 2.36. The number of hydrogen-bond acceptors (Lipinski definition) is 1. The maximum Gasteiger partial charge on any atom is 0.0468 e. The molecular formula is C9H14O. The van der Waals surface area contributed by atoms with Crippen molar-refractivity contribution in [3.8, 4) is 0 Å². The van der Waals surface area contributed by atoms with E-state index in [1.807, 2.05) is 0 Å². The van der Waals surface area contributed by atoms with Crippen LogP contribution in [0.1, 0.15) is 25.7 Å². The van der Waals surface area contributed by atoms with Gasteiger partial charge >= 0.3 is 0 Å². The van der Waals surface area contributed by atoms with Gasteiger partial charge in [0.05, 0.1) is 0 Å². The number of fused-ring (bicyclic) bond motifs is 2. The smallest absolute Gasteiger partial charge is 0.0468 e. The SMILES string of the molecule is OCCC1=CC2CCC1C2. The molecule has 56 valence electrons. The molecule has 2 atom stereocenters. The third-order valence-electron chi connectivity index (χ3n) is 2.85. The van der Waals surface area contributed by atoms with Crippen molar-refractivity contribution in [1.29, 1.82) is 0 Å². The first-order chi connectivity index (χ1) is 4.90. The Kier molecular flexibility index (Phi) is 1.53. The molecule has 1 N–H and O–H groups in total. The van der Waals surface area contributed by atoms with Crippen molar-refractivity contribution < 1.29 is 5.11 Å². The Hall–Kier alpha value is -0.300. The van der Waals surface area contributed by atoms with E-state index in [1.54, 1.807) is 5.57 Å². The van der Waals surface area contributed by atoms with E-state index in [1.165, 1.54) is 19.3 Å². The van der Waals surface area contributed by atoms with Crippen LogP contribution in [0.3, 0.4) is 0 Å². The highest BCUT2D eigenvalue weighted by atomic mass is 16.2. The van der Waals surface area contributed by atoms with Crippen molar-refractivity contribution in [1.82, 2.24) is 0 Å². The molecule has 2 aliphatic rings. The third kappa shape index (κ3) is 0.891. The van der Waals surface area contributed by atoms with Crippen LogP contribution in [0, 0.1) is 11.8 Å². The number of allylic oxidation sites excluding steroid dienone is 1. The van der Waals surface area contributed by atoms with Crippen LogP contribution in [0.4, 0.5) is 0 Å². The molecule has 0 saturated heterocycles. The molecule has 1 heteroatoms. The fraction of sp³-hybridized carbons (Fsp3) is 0.778. The van der Waals surface area contributed by atoms with Gasteiger partial charge in [0.15, 0.2) is 0 Å². The van der Waals surface area contributed by atoms with Gasteiger partial charge in [-0.25, -0.2) is 0 Å². The van der Waals surface area contributed by atoms with E-state index < -0.39 is 0 Å². The van der Waals surface area contributed by atoms with Crippen molar-refractivity contribution in [3.05, 3.63) is 11.6 Å². The summed E-state index contributed by atoms with van der Waals surface area (Å²) in [4.78, 5) is 0. The summed E-state index contributed by atoms with van der Waals surface area (Å²) in [7, 11) is 0. The Bertz CT molecular complexity index is 160. The minimum absolute atomic E-state index is 0.342. The maximum atomic E-state index is 8.71. The molecule has 0 amide bonds. The standard InChI is InChI=1S/C9H14O/c10-4-3-9-6-7-1-2-8(9)5-7/h6-8,10H,1-5H2. The van der Waals surface area contributed by atoms with Gasteiger partial charge in [-0.05, 0) is 37.5 Å². The summed E-state index contributed by atoms with van der Waals surface area (Å²) in [5, 5.41) is 8.71. The topological polar surface area (TPSA) is 20.2 Å². The summed E-state index contributed by atoms with van der Waals surface area (Å²) < 4.78 is 0. The molecule has 2 rings (SSSR count). The van der Waals surface area contributed by atoms with Gasteiger partial charge in [-0.1, -0.05) is 11.6 Å². The molecular weight excluding hydrogens is 124 g/mol. The van der Waals surface area contributed by atoms with Crippen molar-refractivity contribution >= 4 is 0 Å². The van der Waals surface area contributed by atoms with Crippen LogP contribution in [0.15, 0.2) is 11.6 Å². The van der Waals surface area contributed by atoms with E-state index in [2.05, 4.69) is 6.08 Å². The predicted molar refractivity (Wildman–Crippen MR) is 40.6 cm³/mol. The summed E-state index contributed by atoms with van der Waals surface area (Å²) in [6, 6.07) is 0. The van der Waals surface area contributed by atoms with E-state index in [0.717, 1.165) is 18.3 Å². The van der Waals surface area contributed by atoms with E-state index in [-0.39, 0.29) is 0 Å². The second-order valence-corrected chi connectivity index (χ2v) is 3.49. The van der Waals surface area contributed by atoms with Crippen LogP contribution in [0.25, 0.3) is 0 Å². The molecule has 2 bridgehead atoms. The molecule has 1 saturated carbocycles. The third-order valence-corrected chi connectivity index (χ3v) is 2.85. The molecule has 0 spiro atoms. The first-order valence-corrected chi connectivity index (χ1v) is 4.21. The van der Waals surface area contributed by atoms with Crippen molar-refractivity contribution in [3.63, 3.8) is 0 Å². The molecule has 1 fully saturated rings. The summed E-state index contributed by atoms with van der Waals surface area (Å²) >= 11 is 0. The molecule has 0 radical (unpaired) electrons. The van der Waals surface area contributed by atoms with E-state index in [0.29, 0.717) is 6.61 Å². The first kappa shape index (κ1) is 6.41. The van der Waals surface area contributed by atoms with Gasteiger partial charge in [0.25, 0.3) is 0 Å². The van der Waals surface area contributed by atoms with E-state index in [9.17, 15) is 0 Å². The summed E-state index contributed by atoms with van der Waals surface area (Å²) in [6.45, 7) is 0.342. The second-order valence-electron chi connectivity index (χ2n) is 3.49. The Labute approximate surface area is 61.8 Å². The minimum Gasteiger partial charge on any atom is -0.396 e. The predicted octanol–water partition coefficient (Wildman–Crippen LogP) is 1.73. The normalized spacial score (nSPS) is 36.7. The summed E-state index contributed by atoms with van der Waals surface area (Å²) in [6.07, 6.45) is 7.50. The Morgan fingerprint density at radius 3 is 2.90 bits per heavy atom.